The van der Waals surface area contributed by atoms with E-state index in [0.717, 1.165) is 5.01 Å². The number of methoxy groups -OCH3 is 1. The normalized spacial score (nSPS) is 10.1. The lowest BCUT2D eigenvalue weighted by Gasteiger charge is -2.09. The van der Waals surface area contributed by atoms with Gasteiger partial charge in [-0.05, 0) is 25.1 Å². The quantitative estimate of drug-likeness (QED) is 0.903. The minimum atomic E-state index is -1.14. The number of rotatable bonds is 4. The maximum Gasteiger partial charge on any atom is 0.337 e. The fourth-order valence-electron chi connectivity index (χ4n) is 1.59. The predicted molar refractivity (Wildman–Crippen MR) is 74.8 cm³/mol. The van der Waals surface area contributed by atoms with Crippen molar-refractivity contribution in [2.75, 3.05) is 12.4 Å². The van der Waals surface area contributed by atoms with Crippen LogP contribution in [0, 0.1) is 6.92 Å². The lowest BCUT2D eigenvalue weighted by Crippen LogP contribution is -2.15. The highest BCUT2D eigenvalue weighted by Crippen LogP contribution is 2.23. The molecule has 1 heterocycles. The molecule has 1 aromatic heterocycles. The first-order valence-corrected chi connectivity index (χ1v) is 6.54. The Morgan fingerprint density at radius 2 is 2.15 bits per heavy atom. The van der Waals surface area contributed by atoms with Crippen LogP contribution in [0.5, 0.6) is 5.75 Å². The molecule has 2 N–H and O–H groups in total. The van der Waals surface area contributed by atoms with Crippen molar-refractivity contribution in [3.05, 3.63) is 39.8 Å². The zero-order valence-corrected chi connectivity index (χ0v) is 11.7. The summed E-state index contributed by atoms with van der Waals surface area (Å²) in [4.78, 5) is 27.2. The van der Waals surface area contributed by atoms with E-state index >= 15 is 0 Å². The zero-order chi connectivity index (χ0) is 14.7. The fourth-order valence-corrected chi connectivity index (χ4v) is 2.18. The molecule has 2 rings (SSSR count). The number of anilines is 1. The number of nitrogens with one attached hydrogen (secondary N) is 1. The van der Waals surface area contributed by atoms with E-state index in [1.54, 1.807) is 18.4 Å². The number of nitrogens with zero attached hydrogens (tertiary/aromatic N) is 1. The van der Waals surface area contributed by atoms with Crippen LogP contribution in [0.25, 0.3) is 0 Å². The number of aryl methyl sites for hydroxylation is 1. The van der Waals surface area contributed by atoms with Gasteiger partial charge in [-0.2, -0.15) is 0 Å². The van der Waals surface area contributed by atoms with Crippen LogP contribution in [0.4, 0.5) is 5.69 Å². The summed E-state index contributed by atoms with van der Waals surface area (Å²) in [5.74, 6) is -1.18. The Morgan fingerprint density at radius 1 is 1.40 bits per heavy atom. The number of carboxylic acid groups (broad SMARTS) is 1. The molecule has 0 saturated carbocycles. The molecule has 0 aliphatic heterocycles. The fraction of sp³-hybridized carbons (Fsp3) is 0.154. The number of benzene rings is 1. The number of aromatic nitrogens is 1. The maximum absolute atomic E-state index is 12.0. The molecule has 0 aliphatic carbocycles. The number of amides is 1. The summed E-state index contributed by atoms with van der Waals surface area (Å²) in [6, 6.07) is 4.41. The highest BCUT2D eigenvalue weighted by atomic mass is 32.1. The third-order valence-electron chi connectivity index (χ3n) is 2.56. The van der Waals surface area contributed by atoms with Crippen LogP contribution < -0.4 is 10.1 Å². The van der Waals surface area contributed by atoms with Gasteiger partial charge in [-0.1, -0.05) is 0 Å². The molecule has 1 amide bonds. The van der Waals surface area contributed by atoms with Crippen molar-refractivity contribution in [3.63, 3.8) is 0 Å². The van der Waals surface area contributed by atoms with Crippen molar-refractivity contribution in [2.24, 2.45) is 0 Å². The number of carbonyl (C=O) groups excluding carboxylic acids is 1. The highest BCUT2D eigenvalue weighted by molar-refractivity contribution is 7.09. The van der Waals surface area contributed by atoms with Crippen molar-refractivity contribution in [1.82, 2.24) is 4.98 Å². The second kappa shape index (κ2) is 5.70. The van der Waals surface area contributed by atoms with Gasteiger partial charge in [0.15, 0.2) is 0 Å². The van der Waals surface area contributed by atoms with Crippen LogP contribution >= 0.6 is 11.3 Å². The van der Waals surface area contributed by atoms with Gasteiger partial charge < -0.3 is 15.2 Å². The Hall–Kier alpha value is -2.41. The first-order valence-electron chi connectivity index (χ1n) is 5.66. The Kier molecular flexibility index (Phi) is 3.99. The average molecular weight is 292 g/mol. The lowest BCUT2D eigenvalue weighted by atomic mass is 10.1. The number of carboxylic acids is 1. The van der Waals surface area contributed by atoms with Crippen molar-refractivity contribution < 1.29 is 19.4 Å². The van der Waals surface area contributed by atoms with Crippen LogP contribution in [0.2, 0.25) is 0 Å². The zero-order valence-electron chi connectivity index (χ0n) is 10.8. The van der Waals surface area contributed by atoms with Crippen molar-refractivity contribution >= 4 is 28.9 Å². The second-order valence-corrected chi connectivity index (χ2v) is 4.98. The Bertz CT molecular complexity index is 666. The van der Waals surface area contributed by atoms with Gasteiger partial charge in [0.25, 0.3) is 5.91 Å². The summed E-state index contributed by atoms with van der Waals surface area (Å²) in [5.41, 5.74) is 0.429. The third-order valence-corrected chi connectivity index (χ3v) is 3.33. The maximum atomic E-state index is 12.0. The number of hydrogen-bond acceptors (Lipinski definition) is 5. The predicted octanol–water partition coefficient (Wildman–Crippen LogP) is 2.41. The molecule has 0 radical (unpaired) electrons. The summed E-state index contributed by atoms with van der Waals surface area (Å²) >= 11 is 1.35. The number of ether oxygens (including phenoxy) is 1. The summed E-state index contributed by atoms with van der Waals surface area (Å²) in [6.45, 7) is 1.79. The molecule has 104 valence electrons. The van der Waals surface area contributed by atoms with E-state index in [2.05, 4.69) is 10.3 Å². The Morgan fingerprint density at radius 3 is 2.70 bits per heavy atom. The molecule has 2 aromatic rings. The largest absolute Gasteiger partial charge is 0.497 e. The molecule has 0 fully saturated rings. The number of carbonyl (C=O) groups is 2. The van der Waals surface area contributed by atoms with Crippen LogP contribution in [-0.4, -0.2) is 29.1 Å². The van der Waals surface area contributed by atoms with E-state index in [0.29, 0.717) is 5.75 Å². The third kappa shape index (κ3) is 2.94. The van der Waals surface area contributed by atoms with Gasteiger partial charge in [0.05, 0.1) is 23.4 Å². The number of aromatic carboxylic acids is 1. The molecule has 0 bridgehead atoms. The molecular formula is C13H12N2O4S. The molecule has 0 saturated heterocycles. The molecule has 0 atom stereocenters. The second-order valence-electron chi connectivity index (χ2n) is 3.92. The van der Waals surface area contributed by atoms with Crippen molar-refractivity contribution in [2.45, 2.75) is 6.92 Å². The SMILES string of the molecule is COc1ccc(NC(=O)c2csc(C)n2)c(C(=O)O)c1. The molecule has 0 aliphatic rings. The van der Waals surface area contributed by atoms with Crippen molar-refractivity contribution in [1.29, 1.82) is 0 Å². The van der Waals surface area contributed by atoms with E-state index in [1.807, 2.05) is 0 Å². The Balaban J connectivity index is 2.29. The van der Waals surface area contributed by atoms with Gasteiger partial charge in [-0.25, -0.2) is 9.78 Å². The molecule has 20 heavy (non-hydrogen) atoms. The van der Waals surface area contributed by atoms with Gasteiger partial charge in [0.1, 0.15) is 11.4 Å². The Labute approximate surface area is 119 Å². The lowest BCUT2D eigenvalue weighted by molar-refractivity contribution is 0.0697. The van der Waals surface area contributed by atoms with Gasteiger partial charge in [-0.15, -0.1) is 11.3 Å². The highest BCUT2D eigenvalue weighted by Gasteiger charge is 2.16. The monoisotopic (exact) mass is 292 g/mol. The summed E-state index contributed by atoms with van der Waals surface area (Å²) < 4.78 is 4.97. The van der Waals surface area contributed by atoms with Crippen LogP contribution in [0.1, 0.15) is 25.9 Å². The van der Waals surface area contributed by atoms with Crippen LogP contribution in [0.15, 0.2) is 23.6 Å². The average Bonchev–Trinajstić information content (AvgIpc) is 2.85. The standard InChI is InChI=1S/C13H12N2O4S/c1-7-14-11(6-20-7)12(16)15-10-4-3-8(19-2)5-9(10)13(17)18/h3-6H,1-2H3,(H,15,16)(H,17,18). The number of hydrogen-bond donors (Lipinski definition) is 2. The minimum Gasteiger partial charge on any atom is -0.497 e. The summed E-state index contributed by atoms with van der Waals surface area (Å²) in [6.07, 6.45) is 0. The molecule has 6 nitrogen and oxygen atoms in total. The van der Waals surface area contributed by atoms with Crippen LogP contribution in [0.3, 0.4) is 0 Å². The molecule has 1 aromatic carbocycles. The van der Waals surface area contributed by atoms with E-state index in [1.165, 1.54) is 30.6 Å². The summed E-state index contributed by atoms with van der Waals surface area (Å²) in [7, 11) is 1.44. The minimum absolute atomic E-state index is 0.0374. The molecular weight excluding hydrogens is 280 g/mol. The van der Waals surface area contributed by atoms with E-state index < -0.39 is 11.9 Å². The van der Waals surface area contributed by atoms with E-state index in [4.69, 9.17) is 9.84 Å². The van der Waals surface area contributed by atoms with Gasteiger partial charge in [0.2, 0.25) is 0 Å². The first kappa shape index (κ1) is 14.0. The first-order chi connectivity index (χ1) is 9.51. The molecule has 7 heteroatoms. The smallest absolute Gasteiger partial charge is 0.337 e. The van der Waals surface area contributed by atoms with Gasteiger partial charge in [-0.3, -0.25) is 4.79 Å². The summed E-state index contributed by atoms with van der Waals surface area (Å²) in [5, 5.41) is 14.1. The molecule has 0 unspecified atom stereocenters. The van der Waals surface area contributed by atoms with Crippen LogP contribution in [-0.2, 0) is 0 Å². The van der Waals surface area contributed by atoms with E-state index in [9.17, 15) is 9.59 Å². The molecule has 0 spiro atoms. The van der Waals surface area contributed by atoms with E-state index in [-0.39, 0.29) is 16.9 Å². The topological polar surface area (TPSA) is 88.5 Å². The van der Waals surface area contributed by atoms with Gasteiger partial charge in [0, 0.05) is 5.38 Å². The van der Waals surface area contributed by atoms with Gasteiger partial charge >= 0.3 is 5.97 Å². The number of thiazole rings is 1. The van der Waals surface area contributed by atoms with Crippen molar-refractivity contribution in [3.8, 4) is 5.75 Å².